The van der Waals surface area contributed by atoms with Crippen molar-refractivity contribution in [2.45, 2.75) is 6.92 Å². The SMILES string of the molecule is Cc1csc(-c2cc(C(=O)O)ccn2)n1. The van der Waals surface area contributed by atoms with E-state index in [1.807, 2.05) is 12.3 Å². The summed E-state index contributed by atoms with van der Waals surface area (Å²) in [5, 5.41) is 11.5. The number of aryl methyl sites for hydroxylation is 1. The van der Waals surface area contributed by atoms with Crippen LogP contribution in [0.3, 0.4) is 0 Å². The van der Waals surface area contributed by atoms with Crippen LogP contribution in [0.15, 0.2) is 23.7 Å². The summed E-state index contributed by atoms with van der Waals surface area (Å²) in [5.74, 6) is -0.952. The van der Waals surface area contributed by atoms with E-state index in [4.69, 9.17) is 5.11 Å². The van der Waals surface area contributed by atoms with E-state index < -0.39 is 5.97 Å². The fraction of sp³-hybridized carbons (Fsp3) is 0.100. The summed E-state index contributed by atoms with van der Waals surface area (Å²) >= 11 is 1.46. The lowest BCUT2D eigenvalue weighted by Crippen LogP contribution is -1.97. The molecule has 2 rings (SSSR count). The molecule has 0 unspecified atom stereocenters. The van der Waals surface area contributed by atoms with E-state index in [1.165, 1.54) is 29.7 Å². The number of carboxylic acids is 1. The Kier molecular flexibility index (Phi) is 2.47. The Morgan fingerprint density at radius 2 is 2.33 bits per heavy atom. The molecule has 0 radical (unpaired) electrons. The molecule has 4 nitrogen and oxygen atoms in total. The summed E-state index contributed by atoms with van der Waals surface area (Å²) in [5.41, 5.74) is 1.75. The monoisotopic (exact) mass is 220 g/mol. The van der Waals surface area contributed by atoms with Crippen molar-refractivity contribution < 1.29 is 9.90 Å². The van der Waals surface area contributed by atoms with Gasteiger partial charge in [0.25, 0.3) is 0 Å². The van der Waals surface area contributed by atoms with Gasteiger partial charge in [-0.25, -0.2) is 9.78 Å². The maximum atomic E-state index is 10.7. The molecule has 5 heteroatoms. The normalized spacial score (nSPS) is 10.2. The lowest BCUT2D eigenvalue weighted by atomic mass is 10.2. The van der Waals surface area contributed by atoms with Crippen LogP contribution in [0.1, 0.15) is 16.1 Å². The maximum absolute atomic E-state index is 10.7. The number of carboxylic acid groups (broad SMARTS) is 1. The molecule has 76 valence electrons. The molecule has 0 aliphatic carbocycles. The van der Waals surface area contributed by atoms with Gasteiger partial charge in [-0.3, -0.25) is 4.98 Å². The van der Waals surface area contributed by atoms with Crippen molar-refractivity contribution in [1.29, 1.82) is 0 Å². The van der Waals surface area contributed by atoms with Gasteiger partial charge in [0, 0.05) is 17.3 Å². The average Bonchev–Trinajstić information content (AvgIpc) is 2.65. The number of hydrogen-bond donors (Lipinski definition) is 1. The number of hydrogen-bond acceptors (Lipinski definition) is 4. The average molecular weight is 220 g/mol. The summed E-state index contributed by atoms with van der Waals surface area (Å²) in [6.07, 6.45) is 1.48. The minimum Gasteiger partial charge on any atom is -0.478 e. The van der Waals surface area contributed by atoms with Crippen LogP contribution in [0.4, 0.5) is 0 Å². The number of thiazole rings is 1. The first-order chi connectivity index (χ1) is 7.16. The zero-order chi connectivity index (χ0) is 10.8. The first-order valence-corrected chi connectivity index (χ1v) is 5.16. The molecule has 0 spiro atoms. The second-order valence-electron chi connectivity index (χ2n) is 3.03. The Hall–Kier alpha value is -1.75. The van der Waals surface area contributed by atoms with Crippen LogP contribution in [-0.2, 0) is 0 Å². The van der Waals surface area contributed by atoms with Gasteiger partial charge in [0.05, 0.1) is 11.3 Å². The summed E-state index contributed by atoms with van der Waals surface area (Å²) in [6.45, 7) is 1.89. The molecule has 0 bridgehead atoms. The Balaban J connectivity index is 2.45. The predicted molar refractivity (Wildman–Crippen MR) is 57.0 cm³/mol. The van der Waals surface area contributed by atoms with Gasteiger partial charge in [-0.05, 0) is 19.1 Å². The van der Waals surface area contributed by atoms with E-state index in [-0.39, 0.29) is 5.56 Å². The predicted octanol–water partition coefficient (Wildman–Crippen LogP) is 2.21. The molecule has 2 aromatic heterocycles. The van der Waals surface area contributed by atoms with Crippen LogP contribution in [0.25, 0.3) is 10.7 Å². The minimum absolute atomic E-state index is 0.229. The molecule has 0 saturated heterocycles. The third-order valence-corrected chi connectivity index (χ3v) is 2.83. The van der Waals surface area contributed by atoms with Crippen molar-refractivity contribution in [2.24, 2.45) is 0 Å². The van der Waals surface area contributed by atoms with Gasteiger partial charge < -0.3 is 5.11 Å². The second-order valence-corrected chi connectivity index (χ2v) is 3.89. The number of pyridine rings is 1. The lowest BCUT2D eigenvalue weighted by molar-refractivity contribution is 0.0697. The highest BCUT2D eigenvalue weighted by molar-refractivity contribution is 7.13. The van der Waals surface area contributed by atoms with Crippen LogP contribution >= 0.6 is 11.3 Å². The third kappa shape index (κ3) is 2.02. The molecular weight excluding hydrogens is 212 g/mol. The lowest BCUT2D eigenvalue weighted by Gasteiger charge is -1.97. The van der Waals surface area contributed by atoms with Crippen molar-refractivity contribution in [1.82, 2.24) is 9.97 Å². The highest BCUT2D eigenvalue weighted by Crippen LogP contribution is 2.21. The van der Waals surface area contributed by atoms with Gasteiger partial charge in [-0.15, -0.1) is 11.3 Å². The number of rotatable bonds is 2. The molecule has 0 saturated carbocycles. The van der Waals surface area contributed by atoms with Gasteiger partial charge in [-0.1, -0.05) is 0 Å². The molecule has 0 aliphatic rings. The quantitative estimate of drug-likeness (QED) is 0.842. The first kappa shape index (κ1) is 9.79. The fourth-order valence-corrected chi connectivity index (χ4v) is 1.92. The topological polar surface area (TPSA) is 63.1 Å². The van der Waals surface area contributed by atoms with Crippen molar-refractivity contribution in [3.8, 4) is 10.7 Å². The first-order valence-electron chi connectivity index (χ1n) is 4.28. The second kappa shape index (κ2) is 3.78. The van der Waals surface area contributed by atoms with Crippen LogP contribution in [0.2, 0.25) is 0 Å². The molecule has 2 heterocycles. The molecule has 0 aromatic carbocycles. The van der Waals surface area contributed by atoms with Crippen molar-refractivity contribution >= 4 is 17.3 Å². The van der Waals surface area contributed by atoms with Crippen LogP contribution in [0.5, 0.6) is 0 Å². The van der Waals surface area contributed by atoms with E-state index in [2.05, 4.69) is 9.97 Å². The highest BCUT2D eigenvalue weighted by atomic mass is 32.1. The van der Waals surface area contributed by atoms with E-state index in [0.717, 1.165) is 10.7 Å². The summed E-state index contributed by atoms with van der Waals surface area (Å²) < 4.78 is 0. The van der Waals surface area contributed by atoms with Crippen LogP contribution < -0.4 is 0 Å². The molecule has 0 aliphatic heterocycles. The van der Waals surface area contributed by atoms with Gasteiger partial charge in [0.2, 0.25) is 0 Å². The molecule has 0 atom stereocenters. The fourth-order valence-electron chi connectivity index (χ4n) is 1.15. The number of aromatic carboxylic acids is 1. The van der Waals surface area contributed by atoms with Gasteiger partial charge in [-0.2, -0.15) is 0 Å². The third-order valence-electron chi connectivity index (χ3n) is 1.85. The van der Waals surface area contributed by atoms with Crippen molar-refractivity contribution in [3.63, 3.8) is 0 Å². The minimum atomic E-state index is -0.952. The Morgan fingerprint density at radius 3 is 2.93 bits per heavy atom. The number of nitrogens with zero attached hydrogens (tertiary/aromatic N) is 2. The molecule has 2 aromatic rings. The number of aromatic nitrogens is 2. The van der Waals surface area contributed by atoms with Crippen molar-refractivity contribution in [2.75, 3.05) is 0 Å². The molecule has 1 N–H and O–H groups in total. The maximum Gasteiger partial charge on any atom is 0.335 e. The van der Waals surface area contributed by atoms with E-state index in [1.54, 1.807) is 0 Å². The van der Waals surface area contributed by atoms with Gasteiger partial charge in [0.15, 0.2) is 0 Å². The smallest absolute Gasteiger partial charge is 0.335 e. The largest absolute Gasteiger partial charge is 0.478 e. The van der Waals surface area contributed by atoms with E-state index in [9.17, 15) is 4.79 Å². The van der Waals surface area contributed by atoms with E-state index >= 15 is 0 Å². The summed E-state index contributed by atoms with van der Waals surface area (Å²) in [4.78, 5) is 19.1. The molecule has 0 amide bonds. The Bertz CT molecular complexity index is 508. The zero-order valence-electron chi connectivity index (χ0n) is 7.97. The van der Waals surface area contributed by atoms with Gasteiger partial charge >= 0.3 is 5.97 Å². The zero-order valence-corrected chi connectivity index (χ0v) is 8.78. The molecule has 15 heavy (non-hydrogen) atoms. The van der Waals surface area contributed by atoms with E-state index in [0.29, 0.717) is 5.69 Å². The highest BCUT2D eigenvalue weighted by Gasteiger charge is 2.08. The van der Waals surface area contributed by atoms with Crippen molar-refractivity contribution in [3.05, 3.63) is 35.0 Å². The number of carbonyl (C=O) groups is 1. The molecular formula is C10H8N2O2S. The van der Waals surface area contributed by atoms with Gasteiger partial charge in [0.1, 0.15) is 5.01 Å². The summed E-state index contributed by atoms with van der Waals surface area (Å²) in [6, 6.07) is 2.99. The molecule has 0 fully saturated rings. The Labute approximate surface area is 90.3 Å². The summed E-state index contributed by atoms with van der Waals surface area (Å²) in [7, 11) is 0. The van der Waals surface area contributed by atoms with Crippen LogP contribution in [0, 0.1) is 6.92 Å². The standard InChI is InChI=1S/C10H8N2O2S/c1-6-5-15-9(12-6)8-4-7(10(13)14)2-3-11-8/h2-5H,1H3,(H,13,14). The Morgan fingerprint density at radius 1 is 1.53 bits per heavy atom. The van der Waals surface area contributed by atoms with Crippen LogP contribution in [-0.4, -0.2) is 21.0 Å².